The molecular formula is C19H22FN3O2S. The maximum Gasteiger partial charge on any atom is 0.274 e. The van der Waals surface area contributed by atoms with Crippen LogP contribution in [-0.4, -0.2) is 48.6 Å². The lowest BCUT2D eigenvalue weighted by molar-refractivity contribution is -0.00305. The first-order chi connectivity index (χ1) is 12.7. The zero-order valence-corrected chi connectivity index (χ0v) is 15.3. The van der Waals surface area contributed by atoms with Gasteiger partial charge in [0.15, 0.2) is 0 Å². The summed E-state index contributed by atoms with van der Waals surface area (Å²) in [6, 6.07) is 6.10. The number of rotatable bonds is 3. The van der Waals surface area contributed by atoms with Crippen LogP contribution in [0.15, 0.2) is 29.6 Å². The Morgan fingerprint density at radius 3 is 3.00 bits per heavy atom. The Bertz CT molecular complexity index is 776. The van der Waals surface area contributed by atoms with Gasteiger partial charge in [0.2, 0.25) is 0 Å². The van der Waals surface area contributed by atoms with Crippen molar-refractivity contribution in [1.29, 1.82) is 0 Å². The van der Waals surface area contributed by atoms with Gasteiger partial charge in [-0.3, -0.25) is 4.79 Å². The van der Waals surface area contributed by atoms with E-state index in [4.69, 9.17) is 4.74 Å². The maximum absolute atomic E-state index is 13.6. The number of nitrogens with one attached hydrogen (secondary N) is 1. The van der Waals surface area contributed by atoms with Crippen LogP contribution in [0.4, 0.5) is 4.39 Å². The van der Waals surface area contributed by atoms with Gasteiger partial charge in [0.1, 0.15) is 11.5 Å². The van der Waals surface area contributed by atoms with Gasteiger partial charge in [-0.15, -0.1) is 11.3 Å². The molecule has 1 amide bonds. The number of piperidine rings is 1. The highest BCUT2D eigenvalue weighted by Crippen LogP contribution is 2.30. The monoisotopic (exact) mass is 375 g/mol. The van der Waals surface area contributed by atoms with Crippen molar-refractivity contribution in [2.75, 3.05) is 32.8 Å². The molecule has 2 fully saturated rings. The minimum atomic E-state index is -0.303. The fourth-order valence-corrected chi connectivity index (χ4v) is 4.59. The first-order valence-electron chi connectivity index (χ1n) is 9.02. The highest BCUT2D eigenvalue weighted by atomic mass is 32.1. The van der Waals surface area contributed by atoms with Gasteiger partial charge in [-0.25, -0.2) is 9.37 Å². The first-order valence-corrected chi connectivity index (χ1v) is 9.90. The van der Waals surface area contributed by atoms with Crippen LogP contribution in [0, 0.1) is 5.82 Å². The number of carbonyl (C=O) groups is 1. The average molecular weight is 375 g/mol. The van der Waals surface area contributed by atoms with E-state index in [1.807, 2.05) is 11.4 Å². The van der Waals surface area contributed by atoms with E-state index < -0.39 is 0 Å². The van der Waals surface area contributed by atoms with Gasteiger partial charge in [0, 0.05) is 17.8 Å². The van der Waals surface area contributed by atoms with Crippen LogP contribution >= 0.6 is 11.3 Å². The molecule has 0 radical (unpaired) electrons. The second kappa shape index (κ2) is 7.82. The third-order valence-electron chi connectivity index (χ3n) is 5.05. The minimum Gasteiger partial charge on any atom is -0.377 e. The number of halogens is 1. The SMILES string of the molecule is O=C(c1csc(C2CCNCC2)n1)N1CCOCC1c1cccc(F)c1. The third-order valence-corrected chi connectivity index (χ3v) is 6.06. The van der Waals surface area contributed by atoms with Crippen LogP contribution in [-0.2, 0) is 4.74 Å². The highest BCUT2D eigenvalue weighted by Gasteiger charge is 2.31. The summed E-state index contributed by atoms with van der Waals surface area (Å²) in [7, 11) is 0. The van der Waals surface area contributed by atoms with Crippen molar-refractivity contribution >= 4 is 17.2 Å². The number of nitrogens with zero attached hydrogens (tertiary/aromatic N) is 2. The molecule has 7 heteroatoms. The number of ether oxygens (including phenoxy) is 1. The summed E-state index contributed by atoms with van der Waals surface area (Å²) >= 11 is 1.57. The lowest BCUT2D eigenvalue weighted by atomic mass is 9.99. The number of aromatic nitrogens is 1. The summed E-state index contributed by atoms with van der Waals surface area (Å²) in [4.78, 5) is 19.5. The van der Waals surface area contributed by atoms with Crippen LogP contribution in [0.2, 0.25) is 0 Å². The van der Waals surface area contributed by atoms with Gasteiger partial charge in [-0.1, -0.05) is 12.1 Å². The summed E-state index contributed by atoms with van der Waals surface area (Å²) in [6.45, 7) is 3.35. The number of thiazole rings is 1. The summed E-state index contributed by atoms with van der Waals surface area (Å²) < 4.78 is 19.2. The molecule has 5 nitrogen and oxygen atoms in total. The molecule has 138 valence electrons. The Morgan fingerprint density at radius 1 is 1.35 bits per heavy atom. The number of benzene rings is 1. The molecule has 1 aromatic carbocycles. The number of hydrogen-bond donors (Lipinski definition) is 1. The van der Waals surface area contributed by atoms with E-state index in [9.17, 15) is 9.18 Å². The van der Waals surface area contributed by atoms with Crippen LogP contribution < -0.4 is 5.32 Å². The number of morpholine rings is 1. The molecule has 1 N–H and O–H groups in total. The third kappa shape index (κ3) is 3.65. The molecule has 1 aromatic heterocycles. The Labute approximate surface area is 156 Å². The van der Waals surface area contributed by atoms with E-state index in [0.29, 0.717) is 31.4 Å². The van der Waals surface area contributed by atoms with Crippen LogP contribution in [0.25, 0.3) is 0 Å². The van der Waals surface area contributed by atoms with Crippen LogP contribution in [0.1, 0.15) is 45.9 Å². The quantitative estimate of drug-likeness (QED) is 0.896. The molecule has 3 heterocycles. The van der Waals surface area contributed by atoms with Gasteiger partial charge < -0.3 is 15.0 Å². The number of carbonyl (C=O) groups excluding carboxylic acids is 1. The molecular weight excluding hydrogens is 353 g/mol. The van der Waals surface area contributed by atoms with E-state index in [1.54, 1.807) is 22.3 Å². The van der Waals surface area contributed by atoms with E-state index in [2.05, 4.69) is 10.3 Å². The van der Waals surface area contributed by atoms with Crippen molar-refractivity contribution in [2.24, 2.45) is 0 Å². The van der Waals surface area contributed by atoms with Crippen molar-refractivity contribution in [2.45, 2.75) is 24.8 Å². The Morgan fingerprint density at radius 2 is 2.19 bits per heavy atom. The summed E-state index contributed by atoms with van der Waals surface area (Å²) in [6.07, 6.45) is 2.12. The molecule has 2 aromatic rings. The van der Waals surface area contributed by atoms with Crippen molar-refractivity contribution in [3.63, 3.8) is 0 Å². The molecule has 0 spiro atoms. The van der Waals surface area contributed by atoms with Gasteiger partial charge in [-0.05, 0) is 43.6 Å². The summed E-state index contributed by atoms with van der Waals surface area (Å²) in [5.41, 5.74) is 1.25. The predicted octanol–water partition coefficient (Wildman–Crippen LogP) is 2.96. The summed E-state index contributed by atoms with van der Waals surface area (Å²) in [5, 5.41) is 6.26. The largest absolute Gasteiger partial charge is 0.377 e. The van der Waals surface area contributed by atoms with Gasteiger partial charge in [-0.2, -0.15) is 0 Å². The Balaban J connectivity index is 1.54. The Kier molecular flexibility index (Phi) is 5.28. The predicted molar refractivity (Wildman–Crippen MR) is 98.0 cm³/mol. The van der Waals surface area contributed by atoms with E-state index in [0.717, 1.165) is 36.5 Å². The first kappa shape index (κ1) is 17.6. The smallest absolute Gasteiger partial charge is 0.274 e. The second-order valence-electron chi connectivity index (χ2n) is 6.74. The fourth-order valence-electron chi connectivity index (χ4n) is 3.63. The average Bonchev–Trinajstić information content (AvgIpc) is 3.18. The molecule has 0 aliphatic carbocycles. The molecule has 2 aliphatic rings. The molecule has 2 aliphatic heterocycles. The normalized spacial score (nSPS) is 21.7. The molecule has 1 atom stereocenters. The second-order valence-corrected chi connectivity index (χ2v) is 7.63. The molecule has 2 saturated heterocycles. The molecule has 0 saturated carbocycles. The fraction of sp³-hybridized carbons (Fsp3) is 0.474. The number of hydrogen-bond acceptors (Lipinski definition) is 5. The number of amides is 1. The zero-order valence-electron chi connectivity index (χ0n) is 14.5. The standard InChI is InChI=1S/C19H22FN3O2S/c20-15-3-1-2-14(10-15)17-11-25-9-8-23(17)19(24)16-12-26-18(22-16)13-4-6-21-7-5-13/h1-3,10,12-13,17,21H,4-9,11H2. The Hall–Kier alpha value is -1.83. The topological polar surface area (TPSA) is 54.5 Å². The summed E-state index contributed by atoms with van der Waals surface area (Å²) in [5.74, 6) is 0.0350. The van der Waals surface area contributed by atoms with Crippen molar-refractivity contribution in [1.82, 2.24) is 15.2 Å². The maximum atomic E-state index is 13.6. The van der Waals surface area contributed by atoms with Crippen molar-refractivity contribution in [3.8, 4) is 0 Å². The lowest BCUT2D eigenvalue weighted by Gasteiger charge is -2.35. The van der Waals surface area contributed by atoms with Gasteiger partial charge in [0.05, 0.1) is 24.3 Å². The molecule has 1 unspecified atom stereocenters. The molecule has 4 rings (SSSR count). The highest BCUT2D eigenvalue weighted by molar-refractivity contribution is 7.09. The van der Waals surface area contributed by atoms with Gasteiger partial charge >= 0.3 is 0 Å². The molecule has 0 bridgehead atoms. The van der Waals surface area contributed by atoms with E-state index in [1.165, 1.54) is 12.1 Å². The van der Waals surface area contributed by atoms with Crippen LogP contribution in [0.5, 0.6) is 0 Å². The van der Waals surface area contributed by atoms with E-state index >= 15 is 0 Å². The lowest BCUT2D eigenvalue weighted by Crippen LogP contribution is -2.43. The van der Waals surface area contributed by atoms with Crippen LogP contribution in [0.3, 0.4) is 0 Å². The molecule has 26 heavy (non-hydrogen) atoms. The van der Waals surface area contributed by atoms with Gasteiger partial charge in [0.25, 0.3) is 5.91 Å². The van der Waals surface area contributed by atoms with Crippen molar-refractivity contribution in [3.05, 3.63) is 51.7 Å². The minimum absolute atomic E-state index is 0.0982. The van der Waals surface area contributed by atoms with Crippen molar-refractivity contribution < 1.29 is 13.9 Å². The van der Waals surface area contributed by atoms with E-state index in [-0.39, 0.29) is 17.8 Å². The zero-order chi connectivity index (χ0) is 17.9.